The molecule has 17 heavy (non-hydrogen) atoms. The van der Waals surface area contributed by atoms with Crippen molar-refractivity contribution in [1.29, 1.82) is 0 Å². The molecule has 0 aromatic carbocycles. The first-order chi connectivity index (χ1) is 7.98. The zero-order valence-corrected chi connectivity index (χ0v) is 11.2. The highest BCUT2D eigenvalue weighted by Crippen LogP contribution is 2.13. The number of halogens is 1. The minimum absolute atomic E-state index is 0.0194. The third-order valence-corrected chi connectivity index (χ3v) is 4.13. The highest BCUT2D eigenvalue weighted by Gasteiger charge is 2.21. The molecule has 0 amide bonds. The summed E-state index contributed by atoms with van der Waals surface area (Å²) in [6.07, 6.45) is 3.01. The summed E-state index contributed by atoms with van der Waals surface area (Å²) in [5.74, 6) is 0. The fraction of sp³-hybridized carbons (Fsp3) is 0.556. The Morgan fingerprint density at radius 2 is 2.00 bits per heavy atom. The molecule has 96 valence electrons. The Labute approximate surface area is 106 Å². The van der Waals surface area contributed by atoms with Crippen LogP contribution in [0.2, 0.25) is 5.28 Å². The van der Waals surface area contributed by atoms with E-state index in [-0.39, 0.29) is 10.2 Å². The van der Waals surface area contributed by atoms with Crippen LogP contribution in [-0.4, -0.2) is 50.0 Å². The lowest BCUT2D eigenvalue weighted by Gasteiger charge is -2.16. The van der Waals surface area contributed by atoms with Crippen LogP contribution in [0.5, 0.6) is 0 Å². The monoisotopic (exact) mass is 279 g/mol. The second-order valence-corrected chi connectivity index (χ2v) is 5.74. The van der Waals surface area contributed by atoms with Gasteiger partial charge in [-0.2, -0.15) is 0 Å². The quantitative estimate of drug-likeness (QED) is 0.569. The average molecular weight is 280 g/mol. The lowest BCUT2D eigenvalue weighted by molar-refractivity contribution is 0.189. The van der Waals surface area contributed by atoms with Gasteiger partial charge in [-0.3, -0.25) is 0 Å². The Hall–Kier alpha value is -0.760. The maximum absolute atomic E-state index is 12.0. The van der Waals surface area contributed by atoms with Crippen LogP contribution in [0.3, 0.4) is 0 Å². The summed E-state index contributed by atoms with van der Waals surface area (Å²) in [4.78, 5) is 7.33. The van der Waals surface area contributed by atoms with Gasteiger partial charge in [0.05, 0.1) is 12.4 Å². The normalized spacial score (nSPS) is 12.0. The predicted molar refractivity (Wildman–Crippen MR) is 63.4 cm³/mol. The van der Waals surface area contributed by atoms with Gasteiger partial charge in [-0.15, -0.1) is 0 Å². The van der Waals surface area contributed by atoms with Gasteiger partial charge >= 0.3 is 0 Å². The summed E-state index contributed by atoms with van der Waals surface area (Å²) in [7, 11) is -0.471. The first kappa shape index (κ1) is 14.3. The van der Waals surface area contributed by atoms with Gasteiger partial charge in [0.1, 0.15) is 4.90 Å². The molecule has 0 aliphatic carbocycles. The molecule has 6 nitrogen and oxygen atoms in total. The molecule has 0 saturated heterocycles. The Morgan fingerprint density at radius 3 is 2.53 bits per heavy atom. The number of nitrogens with zero attached hydrogens (tertiary/aromatic N) is 3. The minimum Gasteiger partial charge on any atom is -0.385 e. The molecule has 0 atom stereocenters. The SMILES string of the molecule is COCCCN(C)S(=O)(=O)c1cnc(Cl)nc1. The second kappa shape index (κ2) is 6.25. The molecule has 0 spiro atoms. The number of hydrogen-bond donors (Lipinski definition) is 0. The highest BCUT2D eigenvalue weighted by atomic mass is 35.5. The van der Waals surface area contributed by atoms with Crippen molar-refractivity contribution in [2.45, 2.75) is 11.3 Å². The molecular formula is C9H14ClN3O3S. The Balaban J connectivity index is 2.76. The third kappa shape index (κ3) is 3.88. The molecule has 0 bridgehead atoms. The summed E-state index contributed by atoms with van der Waals surface area (Å²) in [6, 6.07) is 0. The molecule has 1 aromatic rings. The van der Waals surface area contributed by atoms with Crippen molar-refractivity contribution >= 4 is 21.6 Å². The van der Waals surface area contributed by atoms with Crippen molar-refractivity contribution in [2.75, 3.05) is 27.3 Å². The van der Waals surface area contributed by atoms with Gasteiger partial charge in [0, 0.05) is 27.3 Å². The topological polar surface area (TPSA) is 72.4 Å². The minimum atomic E-state index is -3.54. The van der Waals surface area contributed by atoms with Crippen LogP contribution in [0, 0.1) is 0 Å². The molecule has 0 fully saturated rings. The van der Waals surface area contributed by atoms with Crippen LogP contribution < -0.4 is 0 Å². The maximum Gasteiger partial charge on any atom is 0.245 e. The molecule has 0 N–H and O–H groups in total. The lowest BCUT2D eigenvalue weighted by atomic mass is 10.5. The maximum atomic E-state index is 12.0. The third-order valence-electron chi connectivity index (χ3n) is 2.13. The van der Waals surface area contributed by atoms with Crippen LogP contribution in [0.4, 0.5) is 0 Å². The molecule has 0 saturated carbocycles. The molecule has 1 rings (SSSR count). The zero-order chi connectivity index (χ0) is 12.9. The summed E-state index contributed by atoms with van der Waals surface area (Å²) in [6.45, 7) is 0.885. The summed E-state index contributed by atoms with van der Waals surface area (Å²) < 4.78 is 30.1. The smallest absolute Gasteiger partial charge is 0.245 e. The predicted octanol–water partition coefficient (Wildman–Crippen LogP) is 0.787. The Bertz CT molecular complexity index is 449. The van der Waals surface area contributed by atoms with Crippen LogP contribution in [0.25, 0.3) is 0 Å². The van der Waals surface area contributed by atoms with E-state index in [4.69, 9.17) is 16.3 Å². The summed E-state index contributed by atoms with van der Waals surface area (Å²) in [5.41, 5.74) is 0. The Kier molecular flexibility index (Phi) is 5.26. The molecule has 0 radical (unpaired) electrons. The van der Waals surface area contributed by atoms with Crippen molar-refractivity contribution in [3.63, 3.8) is 0 Å². The molecule has 0 aliphatic rings. The van der Waals surface area contributed by atoms with Gasteiger partial charge in [0.25, 0.3) is 0 Å². The van der Waals surface area contributed by atoms with E-state index >= 15 is 0 Å². The first-order valence-electron chi connectivity index (χ1n) is 4.91. The number of methoxy groups -OCH3 is 1. The van der Waals surface area contributed by atoms with Crippen molar-refractivity contribution in [2.24, 2.45) is 0 Å². The van der Waals surface area contributed by atoms with Gasteiger partial charge in [0.15, 0.2) is 0 Å². The van der Waals surface area contributed by atoms with E-state index in [0.29, 0.717) is 19.6 Å². The molecule has 1 heterocycles. The van der Waals surface area contributed by atoms with E-state index in [1.165, 1.54) is 23.7 Å². The van der Waals surface area contributed by atoms with Crippen molar-refractivity contribution < 1.29 is 13.2 Å². The number of sulfonamides is 1. The van der Waals surface area contributed by atoms with Gasteiger partial charge < -0.3 is 4.74 Å². The van der Waals surface area contributed by atoms with Gasteiger partial charge in [0.2, 0.25) is 15.3 Å². The van der Waals surface area contributed by atoms with Gasteiger partial charge in [-0.1, -0.05) is 0 Å². The molecular weight excluding hydrogens is 266 g/mol. The fourth-order valence-corrected chi connectivity index (χ4v) is 2.36. The summed E-state index contributed by atoms with van der Waals surface area (Å²) >= 11 is 5.50. The van der Waals surface area contributed by atoms with Crippen LogP contribution in [-0.2, 0) is 14.8 Å². The van der Waals surface area contributed by atoms with Crippen LogP contribution >= 0.6 is 11.6 Å². The molecule has 0 unspecified atom stereocenters. The number of ether oxygens (including phenoxy) is 1. The van der Waals surface area contributed by atoms with Gasteiger partial charge in [-0.05, 0) is 18.0 Å². The van der Waals surface area contributed by atoms with E-state index in [9.17, 15) is 8.42 Å². The van der Waals surface area contributed by atoms with E-state index in [1.807, 2.05) is 0 Å². The second-order valence-electron chi connectivity index (χ2n) is 3.36. The number of aromatic nitrogens is 2. The highest BCUT2D eigenvalue weighted by molar-refractivity contribution is 7.89. The van der Waals surface area contributed by atoms with Crippen molar-refractivity contribution in [3.05, 3.63) is 17.7 Å². The van der Waals surface area contributed by atoms with E-state index in [2.05, 4.69) is 9.97 Å². The van der Waals surface area contributed by atoms with Crippen molar-refractivity contribution in [3.8, 4) is 0 Å². The average Bonchev–Trinajstić information content (AvgIpc) is 2.29. The van der Waals surface area contributed by atoms with E-state index < -0.39 is 10.0 Å². The van der Waals surface area contributed by atoms with E-state index in [0.717, 1.165) is 0 Å². The number of rotatable bonds is 6. The van der Waals surface area contributed by atoms with Crippen molar-refractivity contribution in [1.82, 2.24) is 14.3 Å². The Morgan fingerprint density at radius 1 is 1.41 bits per heavy atom. The lowest BCUT2D eigenvalue weighted by Crippen LogP contribution is -2.28. The zero-order valence-electron chi connectivity index (χ0n) is 9.63. The van der Waals surface area contributed by atoms with Gasteiger partial charge in [-0.25, -0.2) is 22.7 Å². The van der Waals surface area contributed by atoms with E-state index in [1.54, 1.807) is 7.11 Å². The number of hydrogen-bond acceptors (Lipinski definition) is 5. The fourth-order valence-electron chi connectivity index (χ4n) is 1.17. The largest absolute Gasteiger partial charge is 0.385 e. The molecule has 1 aromatic heterocycles. The van der Waals surface area contributed by atoms with Crippen LogP contribution in [0.1, 0.15) is 6.42 Å². The molecule has 8 heteroatoms. The summed E-state index contributed by atoms with van der Waals surface area (Å²) in [5, 5.41) is 0.0194. The molecule has 0 aliphatic heterocycles. The standard InChI is InChI=1S/C9H14ClN3O3S/c1-13(4-3-5-16-2)17(14,15)8-6-11-9(10)12-7-8/h6-7H,3-5H2,1-2H3. The first-order valence-corrected chi connectivity index (χ1v) is 6.73. The van der Waals surface area contributed by atoms with Crippen LogP contribution in [0.15, 0.2) is 17.3 Å².